The number of halogens is 1. The van der Waals surface area contributed by atoms with E-state index in [0.717, 1.165) is 49.3 Å². The van der Waals surface area contributed by atoms with Crippen molar-refractivity contribution in [2.75, 3.05) is 31.2 Å². The highest BCUT2D eigenvalue weighted by molar-refractivity contribution is 9.10. The smallest absolute Gasteiger partial charge is 0.270 e. The van der Waals surface area contributed by atoms with E-state index in [1.165, 1.54) is 0 Å². The number of nitrogens with zero attached hydrogens (tertiary/aromatic N) is 2. The molecule has 1 saturated heterocycles. The zero-order valence-electron chi connectivity index (χ0n) is 11.5. The third-order valence-electron chi connectivity index (χ3n) is 3.65. The second-order valence-corrected chi connectivity index (χ2v) is 5.84. The minimum absolute atomic E-state index is 0.117. The highest BCUT2D eigenvalue weighted by Gasteiger charge is 2.21. The van der Waals surface area contributed by atoms with Crippen LogP contribution in [0, 0.1) is 16.0 Å². The van der Waals surface area contributed by atoms with Gasteiger partial charge in [0, 0.05) is 42.9 Å². The van der Waals surface area contributed by atoms with Crippen LogP contribution in [0.5, 0.6) is 0 Å². The first-order chi connectivity index (χ1) is 9.61. The average Bonchev–Trinajstić information content (AvgIpc) is 2.45. The quantitative estimate of drug-likeness (QED) is 0.605. The number of nitro groups is 1. The third kappa shape index (κ3) is 3.70. The van der Waals surface area contributed by atoms with E-state index in [0.29, 0.717) is 5.92 Å². The van der Waals surface area contributed by atoms with Crippen molar-refractivity contribution in [2.45, 2.75) is 19.8 Å². The predicted molar refractivity (Wildman–Crippen MR) is 82.2 cm³/mol. The lowest BCUT2D eigenvalue weighted by molar-refractivity contribution is -0.384. The molecule has 0 bridgehead atoms. The molecule has 20 heavy (non-hydrogen) atoms. The van der Waals surface area contributed by atoms with E-state index in [1.54, 1.807) is 12.1 Å². The monoisotopic (exact) mass is 342 g/mol. The highest BCUT2D eigenvalue weighted by Crippen LogP contribution is 2.32. The number of non-ortho nitro benzene ring substituents is 1. The molecule has 6 heteroatoms. The molecule has 1 aromatic rings. The third-order valence-corrected chi connectivity index (χ3v) is 4.29. The molecule has 0 amide bonds. The largest absolute Gasteiger partial charge is 0.381 e. The first-order valence-electron chi connectivity index (χ1n) is 6.88. The van der Waals surface area contributed by atoms with E-state index in [1.807, 2.05) is 13.0 Å². The number of hydrogen-bond acceptors (Lipinski definition) is 4. The Bertz CT molecular complexity index is 473. The van der Waals surface area contributed by atoms with Crippen molar-refractivity contribution in [1.82, 2.24) is 0 Å². The fourth-order valence-electron chi connectivity index (χ4n) is 2.49. The molecule has 1 fully saturated rings. The summed E-state index contributed by atoms with van der Waals surface area (Å²) in [6.07, 6.45) is 2.20. The number of piperidine rings is 1. The normalized spacial score (nSPS) is 16.4. The lowest BCUT2D eigenvalue weighted by Crippen LogP contribution is -2.35. The average molecular weight is 343 g/mol. The van der Waals surface area contributed by atoms with E-state index in [-0.39, 0.29) is 10.6 Å². The summed E-state index contributed by atoms with van der Waals surface area (Å²) in [6, 6.07) is 4.96. The summed E-state index contributed by atoms with van der Waals surface area (Å²) in [5, 5.41) is 10.7. The molecule has 0 unspecified atom stereocenters. The van der Waals surface area contributed by atoms with Gasteiger partial charge in [0.2, 0.25) is 0 Å². The molecular weight excluding hydrogens is 324 g/mol. The van der Waals surface area contributed by atoms with Crippen LogP contribution in [0.3, 0.4) is 0 Å². The van der Waals surface area contributed by atoms with Gasteiger partial charge in [-0.25, -0.2) is 0 Å². The van der Waals surface area contributed by atoms with Gasteiger partial charge in [0.15, 0.2) is 0 Å². The Morgan fingerprint density at radius 3 is 2.70 bits per heavy atom. The number of benzene rings is 1. The zero-order valence-corrected chi connectivity index (χ0v) is 13.1. The molecule has 2 rings (SSSR count). The van der Waals surface area contributed by atoms with Crippen molar-refractivity contribution in [1.29, 1.82) is 0 Å². The van der Waals surface area contributed by atoms with Gasteiger partial charge in [0.25, 0.3) is 5.69 Å². The fraction of sp³-hybridized carbons (Fsp3) is 0.571. The molecule has 110 valence electrons. The highest BCUT2D eigenvalue weighted by atomic mass is 79.9. The van der Waals surface area contributed by atoms with Gasteiger partial charge in [0.1, 0.15) is 0 Å². The second-order valence-electron chi connectivity index (χ2n) is 4.98. The molecule has 5 nitrogen and oxygen atoms in total. The van der Waals surface area contributed by atoms with Crippen molar-refractivity contribution in [3.63, 3.8) is 0 Å². The lowest BCUT2D eigenvalue weighted by Gasteiger charge is -2.34. The standard InChI is InChI=1S/C14H19BrN2O3/c1-2-20-10-11-5-7-16(8-6-11)14-4-3-12(17(18)19)9-13(14)15/h3-4,9,11H,2,5-8,10H2,1H3. The van der Waals surface area contributed by atoms with Crippen LogP contribution in [0.15, 0.2) is 22.7 Å². The van der Waals surface area contributed by atoms with Crippen LogP contribution in [-0.4, -0.2) is 31.2 Å². The van der Waals surface area contributed by atoms with Gasteiger partial charge in [-0.2, -0.15) is 0 Å². The van der Waals surface area contributed by atoms with E-state index in [4.69, 9.17) is 4.74 Å². The van der Waals surface area contributed by atoms with Gasteiger partial charge in [-0.05, 0) is 47.7 Å². The van der Waals surface area contributed by atoms with Crippen molar-refractivity contribution < 1.29 is 9.66 Å². The van der Waals surface area contributed by atoms with Crippen molar-refractivity contribution >= 4 is 27.3 Å². The Balaban J connectivity index is 1.98. The van der Waals surface area contributed by atoms with Crippen molar-refractivity contribution in [3.8, 4) is 0 Å². The van der Waals surface area contributed by atoms with Crippen molar-refractivity contribution in [3.05, 3.63) is 32.8 Å². The minimum Gasteiger partial charge on any atom is -0.381 e. The summed E-state index contributed by atoms with van der Waals surface area (Å²) in [5.41, 5.74) is 1.15. The predicted octanol–water partition coefficient (Wildman–Crippen LogP) is 3.61. The van der Waals surface area contributed by atoms with Crippen LogP contribution in [0.1, 0.15) is 19.8 Å². The minimum atomic E-state index is -0.372. The van der Waals surface area contributed by atoms with Gasteiger partial charge in [0.05, 0.1) is 10.6 Å². The molecule has 1 aromatic carbocycles. The van der Waals surface area contributed by atoms with Gasteiger partial charge < -0.3 is 9.64 Å². The van der Waals surface area contributed by atoms with E-state index in [9.17, 15) is 10.1 Å². The number of rotatable bonds is 5. The summed E-state index contributed by atoms with van der Waals surface area (Å²) >= 11 is 3.44. The Morgan fingerprint density at radius 2 is 2.15 bits per heavy atom. The molecule has 0 spiro atoms. The summed E-state index contributed by atoms with van der Waals surface area (Å²) < 4.78 is 6.26. The second kappa shape index (κ2) is 7.04. The first kappa shape index (κ1) is 15.3. The summed E-state index contributed by atoms with van der Waals surface area (Å²) in [6.45, 7) is 5.56. The summed E-state index contributed by atoms with van der Waals surface area (Å²) in [4.78, 5) is 12.6. The molecule has 1 aliphatic heterocycles. The molecule has 0 saturated carbocycles. The fourth-order valence-corrected chi connectivity index (χ4v) is 3.11. The van der Waals surface area contributed by atoms with Gasteiger partial charge in [-0.15, -0.1) is 0 Å². The number of ether oxygens (including phenoxy) is 1. The molecule has 0 aliphatic carbocycles. The molecule has 0 N–H and O–H groups in total. The van der Waals surface area contributed by atoms with Gasteiger partial charge in [-0.1, -0.05) is 0 Å². The molecular formula is C14H19BrN2O3. The molecule has 0 radical (unpaired) electrons. The van der Waals surface area contributed by atoms with Gasteiger partial charge >= 0.3 is 0 Å². The van der Waals surface area contributed by atoms with Crippen LogP contribution in [0.25, 0.3) is 0 Å². The van der Waals surface area contributed by atoms with E-state index >= 15 is 0 Å². The molecule has 1 heterocycles. The first-order valence-corrected chi connectivity index (χ1v) is 7.67. The molecule has 0 aromatic heterocycles. The summed E-state index contributed by atoms with van der Waals surface area (Å²) in [5.74, 6) is 0.628. The van der Waals surface area contributed by atoms with Crippen LogP contribution in [0.4, 0.5) is 11.4 Å². The Hall–Kier alpha value is -1.14. The van der Waals surface area contributed by atoms with Crippen LogP contribution in [0.2, 0.25) is 0 Å². The Kier molecular flexibility index (Phi) is 5.37. The topological polar surface area (TPSA) is 55.6 Å². The SMILES string of the molecule is CCOCC1CCN(c2ccc([N+](=O)[O-])cc2Br)CC1. The Morgan fingerprint density at radius 1 is 1.45 bits per heavy atom. The number of nitro benzene ring substituents is 1. The van der Waals surface area contributed by atoms with Crippen LogP contribution in [-0.2, 0) is 4.74 Å². The maximum atomic E-state index is 10.7. The Labute approximate surface area is 127 Å². The molecule has 0 atom stereocenters. The maximum absolute atomic E-state index is 10.7. The number of hydrogen-bond donors (Lipinski definition) is 0. The van der Waals surface area contributed by atoms with E-state index < -0.39 is 0 Å². The van der Waals surface area contributed by atoms with Gasteiger partial charge in [-0.3, -0.25) is 10.1 Å². The number of anilines is 1. The zero-order chi connectivity index (χ0) is 14.5. The van der Waals surface area contributed by atoms with E-state index in [2.05, 4.69) is 20.8 Å². The van der Waals surface area contributed by atoms with Crippen molar-refractivity contribution in [2.24, 2.45) is 5.92 Å². The lowest BCUT2D eigenvalue weighted by atomic mass is 9.97. The van der Waals surface area contributed by atoms with Crippen LogP contribution >= 0.6 is 15.9 Å². The molecule has 1 aliphatic rings. The summed E-state index contributed by atoms with van der Waals surface area (Å²) in [7, 11) is 0. The maximum Gasteiger partial charge on any atom is 0.270 e. The van der Waals surface area contributed by atoms with Crippen LogP contribution < -0.4 is 4.90 Å².